The largest absolute Gasteiger partial charge is 0.496 e. The molecule has 16 heavy (non-hydrogen) atoms. The fourth-order valence-electron chi connectivity index (χ4n) is 1.88. The second-order valence-electron chi connectivity index (χ2n) is 4.09. The quantitative estimate of drug-likeness (QED) is 0.614. The average Bonchev–Trinajstić information content (AvgIpc) is 2.82. The van der Waals surface area contributed by atoms with Gasteiger partial charge in [0, 0.05) is 19.6 Å². The summed E-state index contributed by atoms with van der Waals surface area (Å²) in [6, 6.07) is 0.392. The Labute approximate surface area is 99.2 Å². The highest BCUT2D eigenvalue weighted by atomic mass is 16.5. The minimum Gasteiger partial charge on any atom is -0.496 e. The van der Waals surface area contributed by atoms with Crippen molar-refractivity contribution in [1.82, 2.24) is 5.32 Å². The lowest BCUT2D eigenvalue weighted by atomic mass is 10.1. The van der Waals surface area contributed by atoms with Crippen molar-refractivity contribution in [2.75, 3.05) is 26.4 Å². The molecule has 0 bridgehead atoms. The Morgan fingerprint density at radius 3 is 3.00 bits per heavy atom. The lowest BCUT2D eigenvalue weighted by Crippen LogP contribution is -2.32. The summed E-state index contributed by atoms with van der Waals surface area (Å²) in [7, 11) is 0. The summed E-state index contributed by atoms with van der Waals surface area (Å²) in [5.41, 5.74) is 0. The molecular weight excluding hydrogens is 202 g/mol. The molecule has 0 saturated carbocycles. The highest BCUT2D eigenvalue weighted by Gasteiger charge is 2.17. The fraction of sp³-hybridized carbons (Fsp3) is 0.846. The molecule has 1 aliphatic heterocycles. The summed E-state index contributed by atoms with van der Waals surface area (Å²) in [6.45, 7) is 7.80. The van der Waals surface area contributed by atoms with Crippen molar-refractivity contribution >= 4 is 0 Å². The first kappa shape index (κ1) is 13.5. The van der Waals surface area contributed by atoms with Crippen LogP contribution in [0.3, 0.4) is 0 Å². The van der Waals surface area contributed by atoms with Crippen LogP contribution in [0, 0.1) is 0 Å². The third-order valence-electron chi connectivity index (χ3n) is 2.70. The standard InChI is InChI=1S/C13H25NO2/c1-3-9-14-12(7-5-10-15-4-2)13-8-6-11-16-13/h8,12,14H,3-7,9-11H2,1-2H3. The molecule has 1 heterocycles. The van der Waals surface area contributed by atoms with E-state index < -0.39 is 0 Å². The highest BCUT2D eigenvalue weighted by Crippen LogP contribution is 2.17. The maximum absolute atomic E-state index is 5.63. The SMILES string of the molecule is CCCNC(CCCOCC)C1=CCCO1. The molecule has 1 aliphatic rings. The molecule has 1 atom stereocenters. The monoisotopic (exact) mass is 227 g/mol. The van der Waals surface area contributed by atoms with Crippen LogP contribution in [0.2, 0.25) is 0 Å². The van der Waals surface area contributed by atoms with E-state index in [1.807, 2.05) is 6.92 Å². The van der Waals surface area contributed by atoms with Crippen LogP contribution < -0.4 is 5.32 Å². The Morgan fingerprint density at radius 2 is 2.38 bits per heavy atom. The molecule has 0 aromatic carbocycles. The minimum absolute atomic E-state index is 0.392. The second kappa shape index (κ2) is 8.59. The van der Waals surface area contributed by atoms with Gasteiger partial charge >= 0.3 is 0 Å². The van der Waals surface area contributed by atoms with Gasteiger partial charge in [-0.1, -0.05) is 6.92 Å². The molecule has 0 saturated heterocycles. The predicted molar refractivity (Wildman–Crippen MR) is 66.5 cm³/mol. The van der Waals surface area contributed by atoms with Gasteiger partial charge in [-0.05, 0) is 38.8 Å². The normalized spacial score (nSPS) is 17.0. The van der Waals surface area contributed by atoms with Crippen molar-refractivity contribution in [3.05, 3.63) is 11.8 Å². The van der Waals surface area contributed by atoms with Crippen molar-refractivity contribution in [2.45, 2.75) is 45.6 Å². The molecule has 1 unspecified atom stereocenters. The molecule has 0 aliphatic carbocycles. The molecule has 0 radical (unpaired) electrons. The van der Waals surface area contributed by atoms with Crippen LogP contribution in [0.4, 0.5) is 0 Å². The zero-order chi connectivity index (χ0) is 11.6. The average molecular weight is 227 g/mol. The van der Waals surface area contributed by atoms with Gasteiger partial charge < -0.3 is 14.8 Å². The van der Waals surface area contributed by atoms with Crippen molar-refractivity contribution < 1.29 is 9.47 Å². The molecule has 94 valence electrons. The van der Waals surface area contributed by atoms with Crippen molar-refractivity contribution in [1.29, 1.82) is 0 Å². The molecule has 0 aromatic rings. The zero-order valence-electron chi connectivity index (χ0n) is 10.6. The van der Waals surface area contributed by atoms with E-state index in [-0.39, 0.29) is 0 Å². The van der Waals surface area contributed by atoms with Crippen LogP contribution >= 0.6 is 0 Å². The van der Waals surface area contributed by atoms with Gasteiger partial charge in [-0.3, -0.25) is 0 Å². The summed E-state index contributed by atoms with van der Waals surface area (Å²) < 4.78 is 11.0. The summed E-state index contributed by atoms with van der Waals surface area (Å²) in [4.78, 5) is 0. The lowest BCUT2D eigenvalue weighted by molar-refractivity contribution is 0.138. The number of nitrogens with one attached hydrogen (secondary N) is 1. The van der Waals surface area contributed by atoms with Gasteiger partial charge in [-0.25, -0.2) is 0 Å². The highest BCUT2D eigenvalue weighted by molar-refractivity contribution is 5.06. The first-order chi connectivity index (χ1) is 7.88. The summed E-state index contributed by atoms with van der Waals surface area (Å²) in [6.07, 6.45) is 6.64. The van der Waals surface area contributed by atoms with Gasteiger partial charge in [0.25, 0.3) is 0 Å². The van der Waals surface area contributed by atoms with Gasteiger partial charge in [0.2, 0.25) is 0 Å². The predicted octanol–water partition coefficient (Wildman–Crippen LogP) is 2.48. The fourth-order valence-corrected chi connectivity index (χ4v) is 1.88. The van der Waals surface area contributed by atoms with E-state index in [2.05, 4.69) is 18.3 Å². The summed E-state index contributed by atoms with van der Waals surface area (Å²) >= 11 is 0. The summed E-state index contributed by atoms with van der Waals surface area (Å²) in [5.74, 6) is 1.14. The van der Waals surface area contributed by atoms with E-state index in [1.54, 1.807) is 0 Å². The van der Waals surface area contributed by atoms with Gasteiger partial charge in [0.15, 0.2) is 0 Å². The van der Waals surface area contributed by atoms with Crippen LogP contribution in [0.15, 0.2) is 11.8 Å². The molecule has 3 nitrogen and oxygen atoms in total. The minimum atomic E-state index is 0.392. The Kier molecular flexibility index (Phi) is 7.26. The van der Waals surface area contributed by atoms with Crippen LogP contribution in [-0.4, -0.2) is 32.4 Å². The van der Waals surface area contributed by atoms with Gasteiger partial charge in [-0.2, -0.15) is 0 Å². The third kappa shape index (κ3) is 4.99. The molecule has 3 heteroatoms. The molecule has 0 fully saturated rings. The van der Waals surface area contributed by atoms with E-state index in [1.165, 1.54) is 0 Å². The Bertz CT molecular complexity index is 204. The third-order valence-corrected chi connectivity index (χ3v) is 2.70. The van der Waals surface area contributed by atoms with E-state index in [9.17, 15) is 0 Å². The number of ether oxygens (including phenoxy) is 2. The van der Waals surface area contributed by atoms with Crippen molar-refractivity contribution in [3.8, 4) is 0 Å². The van der Waals surface area contributed by atoms with Gasteiger partial charge in [0.05, 0.1) is 12.6 Å². The maximum Gasteiger partial charge on any atom is 0.109 e. The topological polar surface area (TPSA) is 30.5 Å². The maximum atomic E-state index is 5.63. The molecule has 0 amide bonds. The molecule has 0 aromatic heterocycles. The van der Waals surface area contributed by atoms with Crippen LogP contribution in [0.25, 0.3) is 0 Å². The first-order valence-corrected chi connectivity index (χ1v) is 6.52. The van der Waals surface area contributed by atoms with Crippen LogP contribution in [0.5, 0.6) is 0 Å². The Balaban J connectivity index is 2.25. The van der Waals surface area contributed by atoms with Crippen molar-refractivity contribution in [3.63, 3.8) is 0 Å². The molecule has 1 N–H and O–H groups in total. The van der Waals surface area contributed by atoms with Gasteiger partial charge in [-0.15, -0.1) is 0 Å². The smallest absolute Gasteiger partial charge is 0.109 e. The van der Waals surface area contributed by atoms with E-state index in [0.29, 0.717) is 6.04 Å². The number of rotatable bonds is 9. The zero-order valence-corrected chi connectivity index (χ0v) is 10.6. The lowest BCUT2D eigenvalue weighted by Gasteiger charge is -2.19. The second-order valence-corrected chi connectivity index (χ2v) is 4.09. The molecular formula is C13H25NO2. The van der Waals surface area contributed by atoms with E-state index in [0.717, 1.165) is 57.8 Å². The van der Waals surface area contributed by atoms with Gasteiger partial charge in [0.1, 0.15) is 5.76 Å². The van der Waals surface area contributed by atoms with E-state index in [4.69, 9.17) is 9.47 Å². The molecule has 1 rings (SSSR count). The van der Waals surface area contributed by atoms with Crippen LogP contribution in [0.1, 0.15) is 39.5 Å². The Morgan fingerprint density at radius 1 is 1.50 bits per heavy atom. The first-order valence-electron chi connectivity index (χ1n) is 6.52. The van der Waals surface area contributed by atoms with E-state index >= 15 is 0 Å². The Hall–Kier alpha value is -0.540. The van der Waals surface area contributed by atoms with Crippen LogP contribution in [-0.2, 0) is 9.47 Å². The number of hydrogen-bond donors (Lipinski definition) is 1. The number of hydrogen-bond acceptors (Lipinski definition) is 3. The van der Waals surface area contributed by atoms with Crippen molar-refractivity contribution in [2.24, 2.45) is 0 Å². The summed E-state index contributed by atoms with van der Waals surface area (Å²) in [5, 5.41) is 3.54. The molecule has 0 spiro atoms.